The van der Waals surface area contributed by atoms with Gasteiger partial charge < -0.3 is 10.4 Å². The first-order chi connectivity index (χ1) is 17.2. The Kier molecular flexibility index (Phi) is 6.81. The van der Waals surface area contributed by atoms with Gasteiger partial charge >= 0.3 is 12.1 Å². The van der Waals surface area contributed by atoms with E-state index in [1.165, 1.54) is 6.33 Å². The standard InChI is InChI=1S/C21H16N8.C2HF3O2/c1-14-25-13-29(28-14)18-7-5-17(6-8-18)26-21-24-11-15-3-2-4-19(20(15)27-21)16-9-22-12-23-10-16;3-2(4,5)1(6)7/h2-13H,1H3,(H,24,26,27);(H,6,7). The average molecular weight is 494 g/mol. The minimum Gasteiger partial charge on any atom is -0.475 e. The molecule has 2 aromatic carbocycles. The number of benzene rings is 2. The highest BCUT2D eigenvalue weighted by molar-refractivity contribution is 5.93. The van der Waals surface area contributed by atoms with E-state index in [2.05, 4.69) is 30.4 Å². The first-order valence-electron chi connectivity index (χ1n) is 10.3. The topological polar surface area (TPSA) is 132 Å². The molecule has 13 heteroatoms. The Balaban J connectivity index is 0.000000384. The largest absolute Gasteiger partial charge is 0.490 e. The Morgan fingerprint density at radius 3 is 2.31 bits per heavy atom. The van der Waals surface area contributed by atoms with Crippen LogP contribution in [0.25, 0.3) is 27.7 Å². The van der Waals surface area contributed by atoms with Gasteiger partial charge in [-0.2, -0.15) is 18.3 Å². The SMILES string of the molecule is Cc1ncn(-c2ccc(Nc3ncc4cccc(-c5cncnc5)c4n3)cc2)n1.O=C(O)C(F)(F)F. The maximum Gasteiger partial charge on any atom is 0.490 e. The summed E-state index contributed by atoms with van der Waals surface area (Å²) in [7, 11) is 0. The maximum absolute atomic E-state index is 10.6. The summed E-state index contributed by atoms with van der Waals surface area (Å²) in [5.41, 5.74) is 4.53. The van der Waals surface area contributed by atoms with Gasteiger partial charge in [-0.25, -0.2) is 34.4 Å². The van der Waals surface area contributed by atoms with Crippen LogP contribution in [-0.2, 0) is 4.79 Å². The number of hydrogen-bond donors (Lipinski definition) is 2. The van der Waals surface area contributed by atoms with E-state index in [1.807, 2.05) is 55.6 Å². The molecule has 0 spiro atoms. The number of fused-ring (bicyclic) bond motifs is 1. The second-order valence-electron chi connectivity index (χ2n) is 7.28. The van der Waals surface area contributed by atoms with Crippen LogP contribution in [0.1, 0.15) is 5.82 Å². The van der Waals surface area contributed by atoms with Gasteiger partial charge in [0.1, 0.15) is 18.5 Å². The lowest BCUT2D eigenvalue weighted by atomic mass is 10.1. The van der Waals surface area contributed by atoms with Gasteiger partial charge in [-0.15, -0.1) is 0 Å². The number of carbonyl (C=O) groups is 1. The summed E-state index contributed by atoms with van der Waals surface area (Å²) in [4.78, 5) is 30.4. The number of halogens is 3. The fourth-order valence-corrected chi connectivity index (χ4v) is 3.08. The van der Waals surface area contributed by atoms with Crippen molar-refractivity contribution >= 4 is 28.5 Å². The molecule has 36 heavy (non-hydrogen) atoms. The predicted molar refractivity (Wildman–Crippen MR) is 124 cm³/mol. The Hall–Kier alpha value is -4.94. The molecule has 0 unspecified atom stereocenters. The minimum absolute atomic E-state index is 0.520. The number of carboxylic acid groups (broad SMARTS) is 1. The van der Waals surface area contributed by atoms with Crippen molar-refractivity contribution in [2.75, 3.05) is 5.32 Å². The average Bonchev–Trinajstić information content (AvgIpc) is 3.30. The molecule has 10 nitrogen and oxygen atoms in total. The third kappa shape index (κ3) is 5.75. The lowest BCUT2D eigenvalue weighted by molar-refractivity contribution is -0.192. The fourth-order valence-electron chi connectivity index (χ4n) is 3.08. The van der Waals surface area contributed by atoms with E-state index in [4.69, 9.17) is 14.9 Å². The number of nitrogens with one attached hydrogen (secondary N) is 1. The van der Waals surface area contributed by atoms with Gasteiger partial charge in [0.15, 0.2) is 0 Å². The zero-order chi connectivity index (χ0) is 25.7. The highest BCUT2D eigenvalue weighted by atomic mass is 19.4. The highest BCUT2D eigenvalue weighted by Gasteiger charge is 2.38. The van der Waals surface area contributed by atoms with Gasteiger partial charge in [0.05, 0.1) is 11.2 Å². The van der Waals surface area contributed by atoms with Crippen LogP contribution in [0.15, 0.2) is 73.7 Å². The molecule has 0 fully saturated rings. The summed E-state index contributed by atoms with van der Waals surface area (Å²) in [5.74, 6) is -1.50. The molecule has 0 radical (unpaired) electrons. The quantitative estimate of drug-likeness (QED) is 0.374. The van der Waals surface area contributed by atoms with E-state index >= 15 is 0 Å². The van der Waals surface area contributed by atoms with Crippen molar-refractivity contribution in [3.63, 3.8) is 0 Å². The first-order valence-corrected chi connectivity index (χ1v) is 10.3. The molecular weight excluding hydrogens is 477 g/mol. The van der Waals surface area contributed by atoms with Crippen molar-refractivity contribution in [2.24, 2.45) is 0 Å². The Bertz CT molecular complexity index is 1490. The maximum atomic E-state index is 10.6. The van der Waals surface area contributed by atoms with E-state index in [0.29, 0.717) is 5.95 Å². The smallest absolute Gasteiger partial charge is 0.475 e. The van der Waals surface area contributed by atoms with Crippen molar-refractivity contribution < 1.29 is 23.1 Å². The number of rotatable bonds is 4. The molecule has 2 N–H and O–H groups in total. The normalized spacial score (nSPS) is 11.0. The second kappa shape index (κ2) is 10.1. The number of nitrogens with zero attached hydrogens (tertiary/aromatic N) is 7. The minimum atomic E-state index is -5.08. The number of aliphatic carboxylic acids is 1. The lowest BCUT2D eigenvalue weighted by Gasteiger charge is -2.09. The molecule has 182 valence electrons. The molecule has 3 heterocycles. The summed E-state index contributed by atoms with van der Waals surface area (Å²) < 4.78 is 33.5. The first kappa shape index (κ1) is 24.2. The van der Waals surface area contributed by atoms with Crippen LogP contribution in [0.5, 0.6) is 0 Å². The number of alkyl halides is 3. The molecule has 3 aromatic heterocycles. The summed E-state index contributed by atoms with van der Waals surface area (Å²) in [5, 5.41) is 15.7. The predicted octanol–water partition coefficient (Wildman–Crippen LogP) is 4.35. The van der Waals surface area contributed by atoms with Gasteiger partial charge in [-0.05, 0) is 31.2 Å². The molecule has 0 aliphatic rings. The van der Waals surface area contributed by atoms with Crippen LogP contribution in [0.3, 0.4) is 0 Å². The van der Waals surface area contributed by atoms with Gasteiger partial charge in [-0.3, -0.25) is 0 Å². The summed E-state index contributed by atoms with van der Waals surface area (Å²) in [6.45, 7) is 1.86. The molecule has 5 rings (SSSR count). The lowest BCUT2D eigenvalue weighted by Crippen LogP contribution is -2.21. The van der Waals surface area contributed by atoms with Crippen molar-refractivity contribution in [2.45, 2.75) is 13.1 Å². The van der Waals surface area contributed by atoms with Gasteiger partial charge in [0.2, 0.25) is 5.95 Å². The van der Waals surface area contributed by atoms with E-state index < -0.39 is 12.1 Å². The zero-order valence-electron chi connectivity index (χ0n) is 18.5. The van der Waals surface area contributed by atoms with E-state index in [9.17, 15) is 13.2 Å². The van der Waals surface area contributed by atoms with Gasteiger partial charge in [-0.1, -0.05) is 18.2 Å². The molecular formula is C23H17F3N8O2. The summed E-state index contributed by atoms with van der Waals surface area (Å²) in [6.07, 6.45) is 3.49. The van der Waals surface area contributed by atoms with Crippen LogP contribution >= 0.6 is 0 Å². The van der Waals surface area contributed by atoms with Gasteiger partial charge in [0.25, 0.3) is 0 Å². The van der Waals surface area contributed by atoms with Crippen LogP contribution in [0.2, 0.25) is 0 Å². The zero-order valence-corrected chi connectivity index (χ0v) is 18.5. The van der Waals surface area contributed by atoms with Crippen molar-refractivity contribution in [1.82, 2.24) is 34.7 Å². The molecule has 0 atom stereocenters. The van der Waals surface area contributed by atoms with Gasteiger partial charge in [0, 0.05) is 40.8 Å². The summed E-state index contributed by atoms with van der Waals surface area (Å²) >= 11 is 0. The third-order valence-electron chi connectivity index (χ3n) is 4.72. The number of anilines is 2. The summed E-state index contributed by atoms with van der Waals surface area (Å²) in [6, 6.07) is 13.8. The Morgan fingerprint density at radius 2 is 1.69 bits per heavy atom. The highest BCUT2D eigenvalue weighted by Crippen LogP contribution is 2.27. The van der Waals surface area contributed by atoms with Crippen molar-refractivity contribution in [1.29, 1.82) is 0 Å². The molecule has 0 saturated carbocycles. The number of carboxylic acids is 1. The Labute approximate surface area is 201 Å². The Morgan fingerprint density at radius 1 is 1.00 bits per heavy atom. The van der Waals surface area contributed by atoms with E-state index in [-0.39, 0.29) is 0 Å². The third-order valence-corrected chi connectivity index (χ3v) is 4.72. The second-order valence-corrected chi connectivity index (χ2v) is 7.28. The molecule has 0 aliphatic heterocycles. The van der Waals surface area contributed by atoms with E-state index in [0.717, 1.165) is 39.2 Å². The van der Waals surface area contributed by atoms with Crippen molar-refractivity contribution in [3.05, 3.63) is 79.5 Å². The molecule has 0 aliphatic carbocycles. The van der Waals surface area contributed by atoms with Crippen LogP contribution in [0.4, 0.5) is 24.8 Å². The number of aromatic nitrogens is 7. The number of para-hydroxylation sites is 1. The monoisotopic (exact) mass is 494 g/mol. The number of hydrogen-bond acceptors (Lipinski definition) is 8. The van der Waals surface area contributed by atoms with Crippen LogP contribution in [-0.4, -0.2) is 52.0 Å². The molecule has 0 saturated heterocycles. The molecule has 0 bridgehead atoms. The molecule has 0 amide bonds. The van der Waals surface area contributed by atoms with Crippen LogP contribution < -0.4 is 5.32 Å². The molecule has 5 aromatic rings. The number of aryl methyl sites for hydroxylation is 1. The van der Waals surface area contributed by atoms with Crippen LogP contribution in [0, 0.1) is 6.92 Å². The van der Waals surface area contributed by atoms with E-state index in [1.54, 1.807) is 23.4 Å². The van der Waals surface area contributed by atoms with Crippen molar-refractivity contribution in [3.8, 4) is 16.8 Å². The fraction of sp³-hybridized carbons (Fsp3) is 0.0870.